The maximum atomic E-state index is 11.9. The predicted molar refractivity (Wildman–Crippen MR) is 60.8 cm³/mol. The van der Waals surface area contributed by atoms with Crippen molar-refractivity contribution in [1.29, 1.82) is 0 Å². The maximum Gasteiger partial charge on any atom is 0.225 e. The van der Waals surface area contributed by atoms with Gasteiger partial charge in [-0.25, -0.2) is 0 Å². The normalized spacial score (nSPS) is 27.4. The minimum Gasteiger partial charge on any atom is -0.394 e. The van der Waals surface area contributed by atoms with Gasteiger partial charge >= 0.3 is 0 Å². The highest BCUT2D eigenvalue weighted by molar-refractivity contribution is 5.79. The molecule has 1 rings (SSSR count). The van der Waals surface area contributed by atoms with Crippen LogP contribution in [0.4, 0.5) is 0 Å². The van der Waals surface area contributed by atoms with Crippen molar-refractivity contribution in [2.75, 3.05) is 20.3 Å². The van der Waals surface area contributed by atoms with Crippen LogP contribution in [0.25, 0.3) is 0 Å². The average Bonchev–Trinajstić information content (AvgIpc) is 2.28. The van der Waals surface area contributed by atoms with Crippen molar-refractivity contribution in [3.05, 3.63) is 0 Å². The third-order valence-electron chi connectivity index (χ3n) is 3.09. The highest BCUT2D eigenvalue weighted by Crippen LogP contribution is 2.23. The van der Waals surface area contributed by atoms with Crippen LogP contribution in [0.1, 0.15) is 25.7 Å². The van der Waals surface area contributed by atoms with E-state index in [-0.39, 0.29) is 30.5 Å². The molecule has 1 fully saturated rings. The first kappa shape index (κ1) is 13.4. The fraction of sp³-hybridized carbons (Fsp3) is 0.909. The second kappa shape index (κ2) is 6.83. The largest absolute Gasteiger partial charge is 0.394 e. The number of aliphatic hydroxyl groups is 1. The lowest BCUT2D eigenvalue weighted by molar-refractivity contribution is -0.127. The quantitative estimate of drug-likeness (QED) is 0.601. The molecule has 0 bridgehead atoms. The lowest BCUT2D eigenvalue weighted by Crippen LogP contribution is -2.49. The summed E-state index contributed by atoms with van der Waals surface area (Å²) in [6.45, 7) is 0.214. The third kappa shape index (κ3) is 3.73. The number of hydrogen-bond acceptors (Lipinski definition) is 4. The van der Waals surface area contributed by atoms with Crippen LogP contribution in [0.3, 0.4) is 0 Å². The van der Waals surface area contributed by atoms with Gasteiger partial charge in [0, 0.05) is 13.2 Å². The molecule has 3 unspecified atom stereocenters. The van der Waals surface area contributed by atoms with Crippen LogP contribution in [-0.4, -0.2) is 43.4 Å². The molecule has 4 N–H and O–H groups in total. The highest BCUT2D eigenvalue weighted by atomic mass is 16.5. The molecule has 0 heterocycles. The fourth-order valence-electron chi connectivity index (χ4n) is 2.13. The molecule has 0 aromatic carbocycles. The van der Waals surface area contributed by atoms with Crippen LogP contribution >= 0.6 is 0 Å². The summed E-state index contributed by atoms with van der Waals surface area (Å²) in [5.74, 6) is -0.164. The molecule has 1 amide bonds. The van der Waals surface area contributed by atoms with Gasteiger partial charge in [0.15, 0.2) is 0 Å². The Hall–Kier alpha value is -0.650. The number of hydrogen-bond donors (Lipinski definition) is 3. The van der Waals surface area contributed by atoms with Crippen molar-refractivity contribution in [2.24, 2.45) is 11.7 Å². The van der Waals surface area contributed by atoms with Crippen LogP contribution in [-0.2, 0) is 9.53 Å². The molecule has 16 heavy (non-hydrogen) atoms. The van der Waals surface area contributed by atoms with Crippen LogP contribution in [0, 0.1) is 5.92 Å². The Balaban J connectivity index is 2.42. The Morgan fingerprint density at radius 1 is 1.56 bits per heavy atom. The minimum atomic E-state index is -0.327. The second-order valence-electron chi connectivity index (χ2n) is 4.40. The van der Waals surface area contributed by atoms with Gasteiger partial charge in [0.05, 0.1) is 25.2 Å². The first-order chi connectivity index (χ1) is 7.69. The van der Waals surface area contributed by atoms with Crippen molar-refractivity contribution in [2.45, 2.75) is 37.8 Å². The van der Waals surface area contributed by atoms with E-state index in [1.807, 2.05) is 0 Å². The van der Waals surface area contributed by atoms with Gasteiger partial charge in [-0.2, -0.15) is 0 Å². The van der Waals surface area contributed by atoms with E-state index in [2.05, 4.69) is 5.32 Å². The summed E-state index contributed by atoms with van der Waals surface area (Å²) in [7, 11) is 1.54. The van der Waals surface area contributed by atoms with E-state index < -0.39 is 0 Å². The Morgan fingerprint density at radius 3 is 2.81 bits per heavy atom. The summed E-state index contributed by atoms with van der Waals surface area (Å²) in [6.07, 6.45) is 3.91. The zero-order valence-electron chi connectivity index (χ0n) is 9.82. The molecule has 94 valence electrons. The molecular weight excluding hydrogens is 208 g/mol. The number of carbonyl (C=O) groups is 1. The molecule has 0 aromatic heterocycles. The van der Waals surface area contributed by atoms with Crippen molar-refractivity contribution in [3.8, 4) is 0 Å². The van der Waals surface area contributed by atoms with E-state index in [4.69, 9.17) is 15.6 Å². The van der Waals surface area contributed by atoms with Crippen LogP contribution in [0.15, 0.2) is 0 Å². The zero-order chi connectivity index (χ0) is 12.0. The molecule has 0 radical (unpaired) electrons. The van der Waals surface area contributed by atoms with Crippen molar-refractivity contribution < 1.29 is 14.6 Å². The van der Waals surface area contributed by atoms with Crippen LogP contribution < -0.4 is 11.1 Å². The first-order valence-electron chi connectivity index (χ1n) is 5.84. The van der Waals surface area contributed by atoms with E-state index in [0.717, 1.165) is 25.7 Å². The molecule has 5 nitrogen and oxygen atoms in total. The van der Waals surface area contributed by atoms with Gasteiger partial charge in [0.1, 0.15) is 0 Å². The van der Waals surface area contributed by atoms with Crippen LogP contribution in [0.5, 0.6) is 0 Å². The molecule has 1 aliphatic carbocycles. The molecule has 0 saturated heterocycles. The number of rotatable bonds is 5. The summed E-state index contributed by atoms with van der Waals surface area (Å²) in [5.41, 5.74) is 5.92. The van der Waals surface area contributed by atoms with E-state index in [9.17, 15) is 4.79 Å². The number of carbonyl (C=O) groups excluding carboxylic acids is 1. The van der Waals surface area contributed by atoms with Gasteiger partial charge in [-0.3, -0.25) is 4.79 Å². The lowest BCUT2D eigenvalue weighted by Gasteiger charge is -2.29. The van der Waals surface area contributed by atoms with Crippen molar-refractivity contribution >= 4 is 5.91 Å². The number of nitrogens with two attached hydrogens (primary N) is 1. The standard InChI is InChI=1S/C11H22N2O3/c1-16-7-8(6-14)13-11(15)9-4-2-3-5-10(9)12/h8-10,14H,2-7,12H2,1H3,(H,13,15). The average molecular weight is 230 g/mol. The van der Waals surface area contributed by atoms with E-state index in [1.54, 1.807) is 7.11 Å². The molecule has 3 atom stereocenters. The number of aliphatic hydroxyl groups excluding tert-OH is 1. The maximum absolute atomic E-state index is 11.9. The topological polar surface area (TPSA) is 84.6 Å². The number of nitrogens with one attached hydrogen (secondary N) is 1. The molecule has 0 spiro atoms. The minimum absolute atomic E-state index is 0.0457. The Morgan fingerprint density at radius 2 is 2.25 bits per heavy atom. The van der Waals surface area contributed by atoms with Crippen molar-refractivity contribution in [3.63, 3.8) is 0 Å². The Bertz CT molecular complexity index is 223. The van der Waals surface area contributed by atoms with Gasteiger partial charge in [0.2, 0.25) is 5.91 Å². The van der Waals surface area contributed by atoms with E-state index in [1.165, 1.54) is 0 Å². The number of ether oxygens (including phenoxy) is 1. The molecule has 1 saturated carbocycles. The predicted octanol–water partition coefficient (Wildman–Crippen LogP) is -0.373. The van der Waals surface area contributed by atoms with E-state index >= 15 is 0 Å². The lowest BCUT2D eigenvalue weighted by atomic mass is 9.84. The molecule has 5 heteroatoms. The first-order valence-corrected chi connectivity index (χ1v) is 5.84. The summed E-state index contributed by atoms with van der Waals surface area (Å²) in [4.78, 5) is 11.9. The van der Waals surface area contributed by atoms with Gasteiger partial charge in [-0.1, -0.05) is 12.8 Å². The summed E-state index contributed by atoms with van der Waals surface area (Å²) in [6, 6.07) is -0.373. The van der Waals surface area contributed by atoms with E-state index in [0.29, 0.717) is 6.61 Å². The fourth-order valence-corrected chi connectivity index (χ4v) is 2.13. The zero-order valence-corrected chi connectivity index (χ0v) is 9.82. The monoisotopic (exact) mass is 230 g/mol. The number of amides is 1. The van der Waals surface area contributed by atoms with Gasteiger partial charge in [-0.15, -0.1) is 0 Å². The highest BCUT2D eigenvalue weighted by Gasteiger charge is 2.29. The molecular formula is C11H22N2O3. The Labute approximate surface area is 96.3 Å². The summed E-state index contributed by atoms with van der Waals surface area (Å²) in [5, 5.41) is 11.8. The molecule has 0 aromatic rings. The Kier molecular flexibility index (Phi) is 5.73. The van der Waals surface area contributed by atoms with Gasteiger partial charge in [0.25, 0.3) is 0 Å². The molecule has 1 aliphatic rings. The van der Waals surface area contributed by atoms with Crippen LogP contribution in [0.2, 0.25) is 0 Å². The second-order valence-corrected chi connectivity index (χ2v) is 4.40. The van der Waals surface area contributed by atoms with Gasteiger partial charge in [-0.05, 0) is 12.8 Å². The summed E-state index contributed by atoms with van der Waals surface area (Å²) < 4.78 is 4.90. The third-order valence-corrected chi connectivity index (χ3v) is 3.09. The number of methoxy groups -OCH3 is 1. The van der Waals surface area contributed by atoms with Gasteiger partial charge < -0.3 is 20.9 Å². The summed E-state index contributed by atoms with van der Waals surface area (Å²) >= 11 is 0. The smallest absolute Gasteiger partial charge is 0.225 e. The van der Waals surface area contributed by atoms with Crippen molar-refractivity contribution in [1.82, 2.24) is 5.32 Å². The SMILES string of the molecule is COCC(CO)NC(=O)C1CCCCC1N. The molecule has 0 aliphatic heterocycles.